The molecule has 0 fully saturated rings. The van der Waals surface area contributed by atoms with Crippen molar-refractivity contribution in [2.45, 2.75) is 0 Å². The fourth-order valence-corrected chi connectivity index (χ4v) is 2.51. The molecule has 4 heteroatoms. The van der Waals surface area contributed by atoms with Crippen molar-refractivity contribution in [3.05, 3.63) is 63.0 Å². The van der Waals surface area contributed by atoms with Gasteiger partial charge in [0, 0.05) is 14.5 Å². The van der Waals surface area contributed by atoms with Gasteiger partial charge in [0.2, 0.25) is 0 Å². The lowest BCUT2D eigenvalue weighted by molar-refractivity contribution is 1.42. The Kier molecular flexibility index (Phi) is 3.97. The van der Waals surface area contributed by atoms with Gasteiger partial charge in [-0.25, -0.2) is 4.99 Å². The number of amidine groups is 1. The Balaban J connectivity index is 2.36. The Morgan fingerprint density at radius 3 is 2.35 bits per heavy atom. The maximum atomic E-state index is 5.95. The summed E-state index contributed by atoms with van der Waals surface area (Å²) in [5.41, 5.74) is 7.68. The average Bonchev–Trinajstić information content (AvgIpc) is 2.34. The molecule has 0 aliphatic heterocycles. The molecule has 2 N–H and O–H groups in total. The standard InChI is InChI=1S/C13H10Br2N2/c14-10-6-7-12(11(15)8-10)17-13(16)9-4-2-1-3-5-9/h1-8H,(H2,16,17). The van der Waals surface area contributed by atoms with E-state index >= 15 is 0 Å². The fraction of sp³-hybridized carbons (Fsp3) is 0. The van der Waals surface area contributed by atoms with E-state index in [1.807, 2.05) is 48.5 Å². The minimum Gasteiger partial charge on any atom is -0.383 e. The lowest BCUT2D eigenvalue weighted by atomic mass is 10.2. The Morgan fingerprint density at radius 2 is 1.71 bits per heavy atom. The van der Waals surface area contributed by atoms with Crippen LogP contribution >= 0.6 is 31.9 Å². The molecule has 2 nitrogen and oxygen atoms in total. The van der Waals surface area contributed by atoms with Crippen LogP contribution < -0.4 is 5.73 Å². The Morgan fingerprint density at radius 1 is 1.00 bits per heavy atom. The smallest absolute Gasteiger partial charge is 0.131 e. The van der Waals surface area contributed by atoms with Crippen LogP contribution in [0.4, 0.5) is 5.69 Å². The first kappa shape index (κ1) is 12.3. The molecule has 2 rings (SSSR count). The van der Waals surface area contributed by atoms with Crippen molar-refractivity contribution in [1.82, 2.24) is 0 Å². The lowest BCUT2D eigenvalue weighted by Gasteiger charge is -2.03. The van der Waals surface area contributed by atoms with Gasteiger partial charge >= 0.3 is 0 Å². The maximum absolute atomic E-state index is 5.95. The van der Waals surface area contributed by atoms with Gasteiger partial charge in [-0.1, -0.05) is 46.3 Å². The molecule has 2 aromatic rings. The van der Waals surface area contributed by atoms with Gasteiger partial charge in [-0.15, -0.1) is 0 Å². The molecule has 0 heterocycles. The van der Waals surface area contributed by atoms with E-state index in [4.69, 9.17) is 5.73 Å². The number of nitrogens with zero attached hydrogens (tertiary/aromatic N) is 1. The molecule has 0 aromatic heterocycles. The second kappa shape index (κ2) is 5.47. The summed E-state index contributed by atoms with van der Waals surface area (Å²) >= 11 is 6.85. The summed E-state index contributed by atoms with van der Waals surface area (Å²) in [7, 11) is 0. The van der Waals surface area contributed by atoms with Crippen LogP contribution in [-0.2, 0) is 0 Å². The molecule has 86 valence electrons. The molecule has 2 aromatic carbocycles. The number of nitrogens with two attached hydrogens (primary N) is 1. The number of hydrogen-bond acceptors (Lipinski definition) is 1. The van der Waals surface area contributed by atoms with Crippen LogP contribution in [0.1, 0.15) is 5.56 Å². The van der Waals surface area contributed by atoms with E-state index in [-0.39, 0.29) is 0 Å². The second-order valence-corrected chi connectivity index (χ2v) is 5.23. The van der Waals surface area contributed by atoms with Gasteiger partial charge in [0.1, 0.15) is 5.84 Å². The third kappa shape index (κ3) is 3.17. The van der Waals surface area contributed by atoms with Crippen LogP contribution in [0.2, 0.25) is 0 Å². The van der Waals surface area contributed by atoms with Crippen LogP contribution in [0.3, 0.4) is 0 Å². The average molecular weight is 354 g/mol. The predicted octanol–water partition coefficient (Wildman–Crippen LogP) is 4.25. The van der Waals surface area contributed by atoms with Crippen LogP contribution in [-0.4, -0.2) is 5.84 Å². The van der Waals surface area contributed by atoms with Crippen molar-refractivity contribution in [1.29, 1.82) is 0 Å². The van der Waals surface area contributed by atoms with Crippen LogP contribution in [0.25, 0.3) is 0 Å². The van der Waals surface area contributed by atoms with E-state index in [9.17, 15) is 0 Å². The molecule has 0 unspecified atom stereocenters. The van der Waals surface area contributed by atoms with Gasteiger partial charge in [-0.2, -0.15) is 0 Å². The third-order valence-corrected chi connectivity index (χ3v) is 3.35. The lowest BCUT2D eigenvalue weighted by Crippen LogP contribution is -2.12. The quantitative estimate of drug-likeness (QED) is 0.636. The van der Waals surface area contributed by atoms with Gasteiger partial charge in [0.05, 0.1) is 5.69 Å². The first-order chi connectivity index (χ1) is 8.16. The molecule has 0 spiro atoms. The summed E-state index contributed by atoms with van der Waals surface area (Å²) in [5.74, 6) is 0.508. The van der Waals surface area contributed by atoms with Crippen LogP contribution in [0.5, 0.6) is 0 Å². The van der Waals surface area contributed by atoms with Gasteiger partial charge < -0.3 is 5.73 Å². The van der Waals surface area contributed by atoms with E-state index in [0.717, 1.165) is 20.2 Å². The van der Waals surface area contributed by atoms with Gasteiger partial charge in [0.25, 0.3) is 0 Å². The zero-order valence-corrected chi connectivity index (χ0v) is 12.1. The maximum Gasteiger partial charge on any atom is 0.131 e. The normalized spacial score (nSPS) is 11.5. The van der Waals surface area contributed by atoms with Gasteiger partial charge in [-0.3, -0.25) is 0 Å². The van der Waals surface area contributed by atoms with Gasteiger partial charge in [0.15, 0.2) is 0 Å². The number of aliphatic imine (C=N–C) groups is 1. The van der Waals surface area contributed by atoms with E-state index < -0.39 is 0 Å². The number of benzene rings is 2. The van der Waals surface area contributed by atoms with E-state index in [0.29, 0.717) is 5.84 Å². The Hall–Kier alpha value is -1.13. The van der Waals surface area contributed by atoms with Crippen molar-refractivity contribution in [3.8, 4) is 0 Å². The number of rotatable bonds is 2. The number of halogens is 2. The van der Waals surface area contributed by atoms with Crippen molar-refractivity contribution in [3.63, 3.8) is 0 Å². The molecule has 0 aliphatic rings. The predicted molar refractivity (Wildman–Crippen MR) is 78.7 cm³/mol. The monoisotopic (exact) mass is 352 g/mol. The van der Waals surface area contributed by atoms with Gasteiger partial charge in [-0.05, 0) is 34.1 Å². The second-order valence-electron chi connectivity index (χ2n) is 3.46. The highest BCUT2D eigenvalue weighted by Crippen LogP contribution is 2.28. The molecule has 0 saturated carbocycles. The zero-order chi connectivity index (χ0) is 12.3. The molecular formula is C13H10Br2N2. The Bertz CT molecular complexity index is 551. The summed E-state index contributed by atoms with van der Waals surface area (Å²) in [6, 6.07) is 15.5. The largest absolute Gasteiger partial charge is 0.383 e. The van der Waals surface area contributed by atoms with Crippen molar-refractivity contribution in [2.75, 3.05) is 0 Å². The summed E-state index contributed by atoms with van der Waals surface area (Å²) in [5, 5.41) is 0. The molecule has 0 atom stereocenters. The minimum atomic E-state index is 0.508. The summed E-state index contributed by atoms with van der Waals surface area (Å²) in [6.07, 6.45) is 0. The molecule has 0 aliphatic carbocycles. The summed E-state index contributed by atoms with van der Waals surface area (Å²) in [6.45, 7) is 0. The topological polar surface area (TPSA) is 38.4 Å². The molecule has 0 saturated heterocycles. The highest BCUT2D eigenvalue weighted by Gasteiger charge is 2.01. The summed E-state index contributed by atoms with van der Waals surface area (Å²) < 4.78 is 1.91. The number of hydrogen-bond donors (Lipinski definition) is 1. The van der Waals surface area contributed by atoms with E-state index in [1.165, 1.54) is 0 Å². The highest BCUT2D eigenvalue weighted by molar-refractivity contribution is 9.11. The SMILES string of the molecule is NC(=Nc1ccc(Br)cc1Br)c1ccccc1. The van der Waals surface area contributed by atoms with Crippen molar-refractivity contribution >= 4 is 43.4 Å². The highest BCUT2D eigenvalue weighted by atomic mass is 79.9. The van der Waals surface area contributed by atoms with Crippen LogP contribution in [0, 0.1) is 0 Å². The molecule has 0 radical (unpaired) electrons. The van der Waals surface area contributed by atoms with Crippen molar-refractivity contribution < 1.29 is 0 Å². The van der Waals surface area contributed by atoms with Crippen molar-refractivity contribution in [2.24, 2.45) is 10.7 Å². The molecule has 0 bridgehead atoms. The van der Waals surface area contributed by atoms with E-state index in [1.54, 1.807) is 0 Å². The van der Waals surface area contributed by atoms with E-state index in [2.05, 4.69) is 36.9 Å². The molecule has 17 heavy (non-hydrogen) atoms. The summed E-state index contributed by atoms with van der Waals surface area (Å²) in [4.78, 5) is 4.40. The third-order valence-electron chi connectivity index (χ3n) is 2.22. The first-order valence-electron chi connectivity index (χ1n) is 5.01. The van der Waals surface area contributed by atoms with Crippen LogP contribution in [0.15, 0.2) is 62.5 Å². The molecule has 0 amide bonds. The molecular weight excluding hydrogens is 344 g/mol. The zero-order valence-electron chi connectivity index (χ0n) is 8.90. The Labute approximate surface area is 117 Å². The minimum absolute atomic E-state index is 0.508. The fourth-order valence-electron chi connectivity index (χ4n) is 1.38. The first-order valence-corrected chi connectivity index (χ1v) is 6.60.